The summed E-state index contributed by atoms with van der Waals surface area (Å²) in [5.74, 6) is 0.363. The SMILES string of the molecule is CC(C)C(=O)N1CCN(C(C(=O)NCc2ccc(F)cc2)C2CCCC2)CC1. The van der Waals surface area contributed by atoms with Crippen molar-refractivity contribution in [2.45, 2.75) is 52.1 Å². The van der Waals surface area contributed by atoms with Gasteiger partial charge in [0.05, 0.1) is 6.04 Å². The first-order valence-corrected chi connectivity index (χ1v) is 10.5. The summed E-state index contributed by atoms with van der Waals surface area (Å²) in [6.45, 7) is 7.12. The zero-order valence-corrected chi connectivity index (χ0v) is 17.0. The van der Waals surface area contributed by atoms with E-state index in [1.165, 1.54) is 25.0 Å². The fourth-order valence-corrected chi connectivity index (χ4v) is 4.43. The molecule has 1 aliphatic heterocycles. The molecule has 1 aliphatic carbocycles. The Bertz CT molecular complexity index is 663. The van der Waals surface area contributed by atoms with Crippen LogP contribution in [0.25, 0.3) is 0 Å². The molecule has 1 aromatic carbocycles. The topological polar surface area (TPSA) is 52.7 Å². The maximum Gasteiger partial charge on any atom is 0.237 e. The van der Waals surface area contributed by atoms with Crippen LogP contribution in [-0.2, 0) is 16.1 Å². The summed E-state index contributed by atoms with van der Waals surface area (Å²) in [5.41, 5.74) is 0.896. The van der Waals surface area contributed by atoms with E-state index in [0.717, 1.165) is 31.5 Å². The number of halogens is 1. The van der Waals surface area contributed by atoms with Gasteiger partial charge in [-0.2, -0.15) is 0 Å². The Balaban J connectivity index is 1.61. The fourth-order valence-electron chi connectivity index (χ4n) is 4.43. The summed E-state index contributed by atoms with van der Waals surface area (Å²) in [4.78, 5) is 29.5. The van der Waals surface area contributed by atoms with Gasteiger partial charge in [-0.1, -0.05) is 38.8 Å². The number of rotatable bonds is 6. The van der Waals surface area contributed by atoms with E-state index in [9.17, 15) is 14.0 Å². The van der Waals surface area contributed by atoms with Gasteiger partial charge in [-0.15, -0.1) is 0 Å². The van der Waals surface area contributed by atoms with Gasteiger partial charge in [0.2, 0.25) is 11.8 Å². The quantitative estimate of drug-likeness (QED) is 0.814. The third-order valence-electron chi connectivity index (χ3n) is 6.01. The minimum absolute atomic E-state index is 0.0104. The van der Waals surface area contributed by atoms with Crippen molar-refractivity contribution in [2.24, 2.45) is 11.8 Å². The highest BCUT2D eigenvalue weighted by atomic mass is 19.1. The Morgan fingerprint density at radius 2 is 1.68 bits per heavy atom. The predicted octanol–water partition coefficient (Wildman–Crippen LogP) is 2.80. The van der Waals surface area contributed by atoms with E-state index in [4.69, 9.17) is 0 Å². The Morgan fingerprint density at radius 3 is 2.25 bits per heavy atom. The summed E-state index contributed by atoms with van der Waals surface area (Å²) >= 11 is 0. The highest BCUT2D eigenvalue weighted by Gasteiger charge is 2.37. The number of nitrogens with one attached hydrogen (secondary N) is 1. The van der Waals surface area contributed by atoms with Gasteiger partial charge in [-0.25, -0.2) is 4.39 Å². The van der Waals surface area contributed by atoms with E-state index >= 15 is 0 Å². The van der Waals surface area contributed by atoms with Crippen molar-refractivity contribution >= 4 is 11.8 Å². The number of benzene rings is 1. The molecule has 3 rings (SSSR count). The number of piperazine rings is 1. The van der Waals surface area contributed by atoms with Gasteiger partial charge in [-0.3, -0.25) is 14.5 Å². The molecule has 5 nitrogen and oxygen atoms in total. The average Bonchev–Trinajstić information content (AvgIpc) is 3.22. The van der Waals surface area contributed by atoms with E-state index in [-0.39, 0.29) is 29.6 Å². The minimum atomic E-state index is -0.271. The molecule has 2 fully saturated rings. The zero-order valence-electron chi connectivity index (χ0n) is 17.0. The molecule has 2 aliphatic rings. The van der Waals surface area contributed by atoms with Crippen LogP contribution in [-0.4, -0.2) is 53.8 Å². The van der Waals surface area contributed by atoms with E-state index < -0.39 is 0 Å². The number of hydrogen-bond donors (Lipinski definition) is 1. The van der Waals surface area contributed by atoms with Crippen molar-refractivity contribution in [3.05, 3.63) is 35.6 Å². The molecule has 1 aromatic rings. The van der Waals surface area contributed by atoms with Gasteiger partial charge in [0.25, 0.3) is 0 Å². The maximum atomic E-state index is 13.1. The number of carbonyl (C=O) groups excluding carboxylic acids is 2. The molecule has 154 valence electrons. The summed E-state index contributed by atoms with van der Waals surface area (Å²) < 4.78 is 13.1. The van der Waals surface area contributed by atoms with Crippen molar-refractivity contribution < 1.29 is 14.0 Å². The van der Waals surface area contributed by atoms with Crippen LogP contribution >= 0.6 is 0 Å². The van der Waals surface area contributed by atoms with E-state index in [1.807, 2.05) is 18.7 Å². The molecular formula is C22H32FN3O2. The second kappa shape index (κ2) is 9.50. The Morgan fingerprint density at radius 1 is 1.07 bits per heavy atom. The summed E-state index contributed by atoms with van der Waals surface area (Å²) in [5, 5.41) is 3.06. The molecule has 28 heavy (non-hydrogen) atoms. The lowest BCUT2D eigenvalue weighted by atomic mass is 9.94. The molecule has 0 bridgehead atoms. The first-order valence-electron chi connectivity index (χ1n) is 10.5. The lowest BCUT2D eigenvalue weighted by molar-refractivity contribution is -0.138. The highest BCUT2D eigenvalue weighted by Crippen LogP contribution is 2.31. The summed E-state index contributed by atoms with van der Waals surface area (Å²) in [6, 6.07) is 6.11. The van der Waals surface area contributed by atoms with Crippen molar-refractivity contribution in [1.82, 2.24) is 15.1 Å². The second-order valence-corrected chi connectivity index (χ2v) is 8.35. The molecule has 0 spiro atoms. The van der Waals surface area contributed by atoms with Gasteiger partial charge in [-0.05, 0) is 36.5 Å². The lowest BCUT2D eigenvalue weighted by Crippen LogP contribution is -2.58. The molecule has 2 amide bonds. The van der Waals surface area contributed by atoms with Gasteiger partial charge in [0.1, 0.15) is 5.82 Å². The lowest BCUT2D eigenvalue weighted by Gasteiger charge is -2.41. The largest absolute Gasteiger partial charge is 0.351 e. The van der Waals surface area contributed by atoms with E-state index in [0.29, 0.717) is 25.6 Å². The van der Waals surface area contributed by atoms with Crippen molar-refractivity contribution in [1.29, 1.82) is 0 Å². The van der Waals surface area contributed by atoms with E-state index in [2.05, 4.69) is 10.2 Å². The molecular weight excluding hydrogens is 357 g/mol. The van der Waals surface area contributed by atoms with Crippen LogP contribution in [0.3, 0.4) is 0 Å². The number of nitrogens with zero attached hydrogens (tertiary/aromatic N) is 2. The molecule has 0 radical (unpaired) electrons. The number of hydrogen-bond acceptors (Lipinski definition) is 3. The summed E-state index contributed by atoms with van der Waals surface area (Å²) in [7, 11) is 0. The molecule has 1 unspecified atom stereocenters. The molecule has 0 aromatic heterocycles. The van der Waals surface area contributed by atoms with Crippen LogP contribution < -0.4 is 5.32 Å². The highest BCUT2D eigenvalue weighted by molar-refractivity contribution is 5.82. The molecule has 6 heteroatoms. The standard InChI is InChI=1S/C22H32FN3O2/c1-16(2)22(28)26-13-11-25(12-14-26)20(18-5-3-4-6-18)21(27)24-15-17-7-9-19(23)10-8-17/h7-10,16,18,20H,3-6,11-15H2,1-2H3,(H,24,27). The van der Waals surface area contributed by atoms with Crippen LogP contribution in [0.5, 0.6) is 0 Å². The molecule has 1 saturated heterocycles. The minimum Gasteiger partial charge on any atom is -0.351 e. The van der Waals surface area contributed by atoms with Gasteiger partial charge in [0.15, 0.2) is 0 Å². The smallest absolute Gasteiger partial charge is 0.237 e. The van der Waals surface area contributed by atoms with Crippen molar-refractivity contribution in [3.8, 4) is 0 Å². The van der Waals surface area contributed by atoms with Crippen LogP contribution in [0, 0.1) is 17.7 Å². The first kappa shape index (κ1) is 20.8. The van der Waals surface area contributed by atoms with Crippen molar-refractivity contribution in [2.75, 3.05) is 26.2 Å². The van der Waals surface area contributed by atoms with Crippen LogP contribution in [0.2, 0.25) is 0 Å². The predicted molar refractivity (Wildman–Crippen MR) is 107 cm³/mol. The molecule has 1 atom stereocenters. The third kappa shape index (κ3) is 5.10. The monoisotopic (exact) mass is 389 g/mol. The maximum absolute atomic E-state index is 13.1. The zero-order chi connectivity index (χ0) is 20.1. The first-order chi connectivity index (χ1) is 13.5. The Hall–Kier alpha value is -1.95. The Labute approximate surface area is 167 Å². The molecule has 1 heterocycles. The average molecular weight is 390 g/mol. The normalized spacial score (nSPS) is 19.8. The van der Waals surface area contributed by atoms with E-state index in [1.54, 1.807) is 12.1 Å². The van der Waals surface area contributed by atoms with Crippen molar-refractivity contribution in [3.63, 3.8) is 0 Å². The fraction of sp³-hybridized carbons (Fsp3) is 0.636. The van der Waals surface area contributed by atoms with Crippen LogP contribution in [0.1, 0.15) is 45.1 Å². The second-order valence-electron chi connectivity index (χ2n) is 8.35. The van der Waals surface area contributed by atoms with Crippen LogP contribution in [0.15, 0.2) is 24.3 Å². The Kier molecular flexibility index (Phi) is 7.05. The number of amides is 2. The molecule has 1 N–H and O–H groups in total. The summed E-state index contributed by atoms with van der Waals surface area (Å²) in [6.07, 6.45) is 4.52. The van der Waals surface area contributed by atoms with Gasteiger partial charge >= 0.3 is 0 Å². The number of carbonyl (C=O) groups is 2. The molecule has 1 saturated carbocycles. The van der Waals surface area contributed by atoms with Crippen LogP contribution in [0.4, 0.5) is 4.39 Å². The van der Waals surface area contributed by atoms with Gasteiger partial charge < -0.3 is 10.2 Å². The third-order valence-corrected chi connectivity index (χ3v) is 6.01. The van der Waals surface area contributed by atoms with Gasteiger partial charge in [0, 0.05) is 38.6 Å².